The summed E-state index contributed by atoms with van der Waals surface area (Å²) in [6, 6.07) is 0.228. The molecule has 0 heterocycles. The smallest absolute Gasteiger partial charge is 0.246 e. The van der Waals surface area contributed by atoms with Crippen molar-refractivity contribution in [3.63, 3.8) is 0 Å². The molecule has 1 rings (SSSR count). The average Bonchev–Trinajstić information content (AvgIpc) is 2.09. The van der Waals surface area contributed by atoms with E-state index in [-0.39, 0.29) is 24.7 Å². The lowest BCUT2D eigenvalue weighted by atomic mass is 9.93. The fourth-order valence-electron chi connectivity index (χ4n) is 1.62. The van der Waals surface area contributed by atoms with Gasteiger partial charge in [0.1, 0.15) is 6.61 Å². The van der Waals surface area contributed by atoms with Crippen LogP contribution < -0.4 is 5.32 Å². The molecule has 0 aromatic carbocycles. The number of carbonyl (C=O) groups excluding carboxylic acids is 1. The summed E-state index contributed by atoms with van der Waals surface area (Å²) in [5, 5.41) is 12.1. The van der Waals surface area contributed by atoms with Crippen LogP contribution in [0.2, 0.25) is 0 Å². The van der Waals surface area contributed by atoms with Gasteiger partial charge in [-0.3, -0.25) is 4.79 Å². The van der Waals surface area contributed by atoms with Crippen LogP contribution in [0.5, 0.6) is 0 Å². The molecule has 0 saturated heterocycles. The molecule has 1 aliphatic carbocycles. The van der Waals surface area contributed by atoms with Gasteiger partial charge >= 0.3 is 0 Å². The van der Waals surface area contributed by atoms with Crippen molar-refractivity contribution in [2.75, 3.05) is 13.7 Å². The van der Waals surface area contributed by atoms with Crippen LogP contribution >= 0.6 is 0 Å². The molecule has 0 aliphatic heterocycles. The SMILES string of the molecule is COCC(=O)N[C@H]1CC[C@H](O)CC1. The van der Waals surface area contributed by atoms with Gasteiger partial charge in [0.2, 0.25) is 5.91 Å². The van der Waals surface area contributed by atoms with E-state index in [0.29, 0.717) is 0 Å². The first-order chi connectivity index (χ1) is 6.22. The molecule has 0 spiro atoms. The van der Waals surface area contributed by atoms with Gasteiger partial charge in [-0.25, -0.2) is 0 Å². The quantitative estimate of drug-likeness (QED) is 0.656. The standard InChI is InChI=1S/C9H17NO3/c1-13-6-9(12)10-7-2-4-8(11)5-3-7/h7-8,11H,2-6H2,1H3,(H,10,12)/t7-,8-. The molecule has 0 aromatic rings. The molecule has 1 amide bonds. The maximum absolute atomic E-state index is 11.1. The Kier molecular flexibility index (Phi) is 4.18. The highest BCUT2D eigenvalue weighted by molar-refractivity contribution is 5.77. The number of hydrogen-bond donors (Lipinski definition) is 2. The molecule has 0 aromatic heterocycles. The van der Waals surface area contributed by atoms with Gasteiger partial charge < -0.3 is 15.2 Å². The summed E-state index contributed by atoms with van der Waals surface area (Å²) < 4.78 is 4.70. The zero-order valence-electron chi connectivity index (χ0n) is 7.95. The highest BCUT2D eigenvalue weighted by Gasteiger charge is 2.20. The summed E-state index contributed by atoms with van der Waals surface area (Å²) in [5.74, 6) is -0.0658. The minimum Gasteiger partial charge on any atom is -0.393 e. The number of carbonyl (C=O) groups is 1. The minimum absolute atomic E-state index is 0.0658. The van der Waals surface area contributed by atoms with Crippen molar-refractivity contribution in [1.29, 1.82) is 0 Å². The van der Waals surface area contributed by atoms with E-state index in [1.165, 1.54) is 7.11 Å². The second kappa shape index (κ2) is 5.19. The lowest BCUT2D eigenvalue weighted by molar-refractivity contribution is -0.125. The molecular weight excluding hydrogens is 170 g/mol. The Morgan fingerprint density at radius 2 is 2.08 bits per heavy atom. The maximum Gasteiger partial charge on any atom is 0.246 e. The van der Waals surface area contributed by atoms with E-state index >= 15 is 0 Å². The Morgan fingerprint density at radius 1 is 1.46 bits per heavy atom. The third-order valence-electron chi connectivity index (χ3n) is 2.34. The topological polar surface area (TPSA) is 58.6 Å². The molecule has 1 aliphatic rings. The van der Waals surface area contributed by atoms with E-state index in [1.807, 2.05) is 0 Å². The van der Waals surface area contributed by atoms with E-state index in [9.17, 15) is 9.90 Å². The zero-order chi connectivity index (χ0) is 9.68. The normalized spacial score (nSPS) is 28.5. The molecule has 1 fully saturated rings. The summed E-state index contributed by atoms with van der Waals surface area (Å²) in [7, 11) is 1.50. The molecule has 0 unspecified atom stereocenters. The minimum atomic E-state index is -0.171. The highest BCUT2D eigenvalue weighted by Crippen LogP contribution is 2.17. The highest BCUT2D eigenvalue weighted by atomic mass is 16.5. The monoisotopic (exact) mass is 187 g/mol. The van der Waals surface area contributed by atoms with Crippen molar-refractivity contribution in [2.24, 2.45) is 0 Å². The van der Waals surface area contributed by atoms with Crippen molar-refractivity contribution >= 4 is 5.91 Å². The average molecular weight is 187 g/mol. The molecule has 0 bridgehead atoms. The number of methoxy groups -OCH3 is 1. The molecule has 13 heavy (non-hydrogen) atoms. The van der Waals surface area contributed by atoms with Crippen molar-refractivity contribution in [3.8, 4) is 0 Å². The summed E-state index contributed by atoms with van der Waals surface area (Å²) in [6.07, 6.45) is 3.15. The van der Waals surface area contributed by atoms with Gasteiger partial charge in [0, 0.05) is 13.2 Å². The number of amides is 1. The lowest BCUT2D eigenvalue weighted by Gasteiger charge is -2.25. The van der Waals surface area contributed by atoms with Crippen LogP contribution in [-0.4, -0.2) is 36.9 Å². The van der Waals surface area contributed by atoms with Gasteiger partial charge in [-0.15, -0.1) is 0 Å². The van der Waals surface area contributed by atoms with E-state index in [1.54, 1.807) is 0 Å². The van der Waals surface area contributed by atoms with E-state index in [0.717, 1.165) is 25.7 Å². The van der Waals surface area contributed by atoms with E-state index < -0.39 is 0 Å². The molecule has 4 nitrogen and oxygen atoms in total. The van der Waals surface area contributed by atoms with Crippen molar-refractivity contribution in [3.05, 3.63) is 0 Å². The van der Waals surface area contributed by atoms with Gasteiger partial charge in [-0.05, 0) is 25.7 Å². The molecule has 0 atom stereocenters. The fourth-order valence-corrected chi connectivity index (χ4v) is 1.62. The fraction of sp³-hybridized carbons (Fsp3) is 0.889. The van der Waals surface area contributed by atoms with Crippen molar-refractivity contribution in [2.45, 2.75) is 37.8 Å². The van der Waals surface area contributed by atoms with E-state index in [4.69, 9.17) is 4.74 Å². The van der Waals surface area contributed by atoms with Crippen LogP contribution in [0.1, 0.15) is 25.7 Å². The van der Waals surface area contributed by atoms with Gasteiger partial charge in [0.25, 0.3) is 0 Å². The first-order valence-electron chi connectivity index (χ1n) is 4.68. The zero-order valence-corrected chi connectivity index (χ0v) is 7.95. The number of aliphatic hydroxyl groups excluding tert-OH is 1. The van der Waals surface area contributed by atoms with Crippen LogP contribution in [0.15, 0.2) is 0 Å². The molecule has 4 heteroatoms. The Labute approximate surface area is 78.3 Å². The predicted octanol–water partition coefficient (Wildman–Crippen LogP) is 0.0525. The van der Waals surface area contributed by atoms with Crippen LogP contribution in [0, 0.1) is 0 Å². The van der Waals surface area contributed by atoms with Crippen LogP contribution in [0.4, 0.5) is 0 Å². The third kappa shape index (κ3) is 3.74. The second-order valence-corrected chi connectivity index (χ2v) is 3.51. The molecule has 1 saturated carbocycles. The number of hydrogen-bond acceptors (Lipinski definition) is 3. The number of rotatable bonds is 3. The Balaban J connectivity index is 2.18. The summed E-state index contributed by atoms with van der Waals surface area (Å²) >= 11 is 0. The lowest BCUT2D eigenvalue weighted by Crippen LogP contribution is -2.40. The van der Waals surface area contributed by atoms with Gasteiger partial charge in [0.05, 0.1) is 6.10 Å². The first-order valence-corrected chi connectivity index (χ1v) is 4.68. The Hall–Kier alpha value is -0.610. The third-order valence-corrected chi connectivity index (χ3v) is 2.34. The molecule has 76 valence electrons. The van der Waals surface area contributed by atoms with Gasteiger partial charge in [-0.1, -0.05) is 0 Å². The summed E-state index contributed by atoms with van der Waals surface area (Å²) in [4.78, 5) is 11.1. The maximum atomic E-state index is 11.1. The van der Waals surface area contributed by atoms with Crippen LogP contribution in [-0.2, 0) is 9.53 Å². The molecular formula is C9H17NO3. The number of ether oxygens (including phenoxy) is 1. The van der Waals surface area contributed by atoms with Crippen molar-refractivity contribution in [1.82, 2.24) is 5.32 Å². The van der Waals surface area contributed by atoms with Crippen LogP contribution in [0.3, 0.4) is 0 Å². The van der Waals surface area contributed by atoms with Crippen LogP contribution in [0.25, 0.3) is 0 Å². The first kappa shape index (κ1) is 10.5. The van der Waals surface area contributed by atoms with E-state index in [2.05, 4.69) is 5.32 Å². The number of nitrogens with one attached hydrogen (secondary N) is 1. The van der Waals surface area contributed by atoms with Crippen molar-refractivity contribution < 1.29 is 14.6 Å². The summed E-state index contributed by atoms with van der Waals surface area (Å²) in [5.41, 5.74) is 0. The Morgan fingerprint density at radius 3 is 2.62 bits per heavy atom. The Bertz CT molecular complexity index is 164. The van der Waals surface area contributed by atoms with Gasteiger partial charge in [0.15, 0.2) is 0 Å². The second-order valence-electron chi connectivity index (χ2n) is 3.51. The predicted molar refractivity (Wildman–Crippen MR) is 48.3 cm³/mol. The largest absolute Gasteiger partial charge is 0.393 e. The van der Waals surface area contributed by atoms with Gasteiger partial charge in [-0.2, -0.15) is 0 Å². The molecule has 2 N–H and O–H groups in total. The molecule has 0 radical (unpaired) electrons. The number of aliphatic hydroxyl groups is 1. The summed E-state index contributed by atoms with van der Waals surface area (Å²) in [6.45, 7) is 0.124.